The van der Waals surface area contributed by atoms with E-state index in [9.17, 15) is 18.0 Å². The summed E-state index contributed by atoms with van der Waals surface area (Å²) < 4.78 is 38.6. The van der Waals surface area contributed by atoms with Gasteiger partial charge in [-0.3, -0.25) is 4.79 Å². The Bertz CT molecular complexity index is 736. The molecule has 8 heteroatoms. The van der Waals surface area contributed by atoms with Crippen LogP contribution in [0.1, 0.15) is 12.0 Å². The van der Waals surface area contributed by atoms with Gasteiger partial charge in [-0.25, -0.2) is 0 Å². The highest BCUT2D eigenvalue weighted by Gasteiger charge is 2.33. The average molecular weight is 377 g/mol. The molecular formula is C16H13Cl2F3N2O. The summed E-state index contributed by atoms with van der Waals surface area (Å²) in [4.78, 5) is 11.9. The molecule has 0 aliphatic heterocycles. The van der Waals surface area contributed by atoms with Crippen molar-refractivity contribution in [3.05, 3.63) is 58.1 Å². The third kappa shape index (κ3) is 5.04. The van der Waals surface area contributed by atoms with Gasteiger partial charge in [0.05, 0.1) is 16.3 Å². The van der Waals surface area contributed by atoms with E-state index in [0.29, 0.717) is 15.7 Å². The van der Waals surface area contributed by atoms with E-state index in [1.807, 2.05) is 0 Å². The lowest BCUT2D eigenvalue weighted by Gasteiger charge is -2.14. The number of carbonyl (C=O) groups excluding carboxylic acids is 1. The zero-order valence-electron chi connectivity index (χ0n) is 12.3. The van der Waals surface area contributed by atoms with Crippen LogP contribution in [0.5, 0.6) is 0 Å². The molecule has 2 aromatic carbocycles. The minimum absolute atomic E-state index is 0.0327. The number of hydrogen-bond donors (Lipinski definition) is 2. The number of anilines is 2. The van der Waals surface area contributed by atoms with Crippen molar-refractivity contribution in [3.8, 4) is 0 Å². The number of benzene rings is 2. The van der Waals surface area contributed by atoms with Gasteiger partial charge >= 0.3 is 6.18 Å². The van der Waals surface area contributed by atoms with E-state index in [-0.39, 0.29) is 18.7 Å². The molecule has 0 heterocycles. The largest absolute Gasteiger partial charge is 0.418 e. The van der Waals surface area contributed by atoms with Gasteiger partial charge in [0.15, 0.2) is 0 Å². The number of nitrogens with one attached hydrogen (secondary N) is 2. The SMILES string of the molecule is O=C(CCNc1ccccc1C(F)(F)F)Nc1cc(Cl)ccc1Cl. The summed E-state index contributed by atoms with van der Waals surface area (Å²) in [5, 5.41) is 5.92. The molecule has 3 nitrogen and oxygen atoms in total. The molecule has 0 aliphatic rings. The molecular weight excluding hydrogens is 364 g/mol. The molecule has 128 valence electrons. The molecule has 2 N–H and O–H groups in total. The van der Waals surface area contributed by atoms with Gasteiger partial charge in [-0.1, -0.05) is 35.3 Å². The monoisotopic (exact) mass is 376 g/mol. The van der Waals surface area contributed by atoms with E-state index in [4.69, 9.17) is 23.2 Å². The van der Waals surface area contributed by atoms with Crippen molar-refractivity contribution in [2.24, 2.45) is 0 Å². The second-order valence-electron chi connectivity index (χ2n) is 4.89. The molecule has 0 saturated carbocycles. The van der Waals surface area contributed by atoms with Crippen molar-refractivity contribution < 1.29 is 18.0 Å². The van der Waals surface area contributed by atoms with E-state index in [1.165, 1.54) is 30.3 Å². The molecule has 0 unspecified atom stereocenters. The second-order valence-corrected chi connectivity index (χ2v) is 5.74. The van der Waals surface area contributed by atoms with Gasteiger partial charge in [-0.15, -0.1) is 0 Å². The molecule has 0 saturated heterocycles. The lowest BCUT2D eigenvalue weighted by atomic mass is 10.1. The lowest BCUT2D eigenvalue weighted by molar-refractivity contribution is -0.137. The highest BCUT2D eigenvalue weighted by molar-refractivity contribution is 6.35. The number of alkyl halides is 3. The van der Waals surface area contributed by atoms with Crippen LogP contribution in [0.2, 0.25) is 10.0 Å². The number of carbonyl (C=O) groups is 1. The quantitative estimate of drug-likeness (QED) is 0.727. The topological polar surface area (TPSA) is 41.1 Å². The summed E-state index contributed by atoms with van der Waals surface area (Å²) >= 11 is 11.7. The highest BCUT2D eigenvalue weighted by Crippen LogP contribution is 2.34. The summed E-state index contributed by atoms with van der Waals surface area (Å²) in [6.07, 6.45) is -4.49. The first-order valence-corrected chi connectivity index (χ1v) is 7.68. The first-order valence-electron chi connectivity index (χ1n) is 6.92. The van der Waals surface area contributed by atoms with Crippen molar-refractivity contribution >= 4 is 40.5 Å². The molecule has 2 rings (SSSR count). The predicted octanol–water partition coefficient (Wildman–Crippen LogP) is 5.45. The van der Waals surface area contributed by atoms with Crippen LogP contribution in [0.15, 0.2) is 42.5 Å². The fourth-order valence-electron chi connectivity index (χ4n) is 2.00. The van der Waals surface area contributed by atoms with Crippen LogP contribution in [0.25, 0.3) is 0 Å². The van der Waals surface area contributed by atoms with Crippen LogP contribution in [0.3, 0.4) is 0 Å². The van der Waals surface area contributed by atoms with Crippen molar-refractivity contribution in [2.75, 3.05) is 17.2 Å². The third-order valence-corrected chi connectivity index (χ3v) is 3.67. The van der Waals surface area contributed by atoms with Gasteiger partial charge in [0, 0.05) is 23.7 Å². The van der Waals surface area contributed by atoms with E-state index in [2.05, 4.69) is 10.6 Å². The fourth-order valence-corrected chi connectivity index (χ4v) is 2.34. The van der Waals surface area contributed by atoms with Crippen LogP contribution in [0, 0.1) is 0 Å². The zero-order valence-corrected chi connectivity index (χ0v) is 13.8. The molecule has 0 bridgehead atoms. The van der Waals surface area contributed by atoms with Crippen molar-refractivity contribution in [1.82, 2.24) is 0 Å². The Hall–Kier alpha value is -1.92. The van der Waals surface area contributed by atoms with Gasteiger partial charge in [-0.2, -0.15) is 13.2 Å². The minimum Gasteiger partial charge on any atom is -0.384 e. The minimum atomic E-state index is -4.46. The maximum Gasteiger partial charge on any atom is 0.418 e. The van der Waals surface area contributed by atoms with Crippen molar-refractivity contribution in [2.45, 2.75) is 12.6 Å². The Morgan fingerprint density at radius 2 is 1.75 bits per heavy atom. The summed E-state index contributed by atoms with van der Waals surface area (Å²) in [6, 6.07) is 9.70. The Balaban J connectivity index is 1.93. The smallest absolute Gasteiger partial charge is 0.384 e. The molecule has 1 amide bonds. The van der Waals surface area contributed by atoms with E-state index in [0.717, 1.165) is 6.07 Å². The van der Waals surface area contributed by atoms with E-state index in [1.54, 1.807) is 6.07 Å². The molecule has 2 aromatic rings. The fraction of sp³-hybridized carbons (Fsp3) is 0.188. The predicted molar refractivity (Wildman–Crippen MR) is 89.6 cm³/mol. The molecule has 24 heavy (non-hydrogen) atoms. The average Bonchev–Trinajstić information content (AvgIpc) is 2.50. The molecule has 0 aromatic heterocycles. The molecule has 0 atom stereocenters. The second kappa shape index (κ2) is 7.77. The summed E-state index contributed by atoms with van der Waals surface area (Å²) in [5.74, 6) is -0.392. The van der Waals surface area contributed by atoms with E-state index >= 15 is 0 Å². The van der Waals surface area contributed by atoms with Gasteiger partial charge in [0.1, 0.15) is 0 Å². The first kappa shape index (κ1) is 18.4. The highest BCUT2D eigenvalue weighted by atomic mass is 35.5. The van der Waals surface area contributed by atoms with Gasteiger partial charge in [0.2, 0.25) is 5.91 Å². The lowest BCUT2D eigenvalue weighted by Crippen LogP contribution is -2.18. The number of amides is 1. The van der Waals surface area contributed by atoms with E-state index < -0.39 is 17.6 Å². The number of para-hydroxylation sites is 1. The number of halogens is 5. The molecule has 0 fully saturated rings. The summed E-state index contributed by atoms with van der Waals surface area (Å²) in [5.41, 5.74) is -0.494. The van der Waals surface area contributed by atoms with Crippen LogP contribution in [0.4, 0.5) is 24.5 Å². The Labute approximate surface area is 146 Å². The number of rotatable bonds is 5. The van der Waals surface area contributed by atoms with Crippen LogP contribution < -0.4 is 10.6 Å². The van der Waals surface area contributed by atoms with Crippen LogP contribution in [-0.4, -0.2) is 12.5 Å². The maximum absolute atomic E-state index is 12.9. The normalized spacial score (nSPS) is 11.2. The van der Waals surface area contributed by atoms with Gasteiger partial charge in [-0.05, 0) is 30.3 Å². The van der Waals surface area contributed by atoms with Crippen molar-refractivity contribution in [1.29, 1.82) is 0 Å². The van der Waals surface area contributed by atoms with Crippen molar-refractivity contribution in [3.63, 3.8) is 0 Å². The van der Waals surface area contributed by atoms with Gasteiger partial charge < -0.3 is 10.6 Å². The maximum atomic E-state index is 12.9. The molecule has 0 aliphatic carbocycles. The Morgan fingerprint density at radius 3 is 2.46 bits per heavy atom. The zero-order chi connectivity index (χ0) is 17.7. The first-order chi connectivity index (χ1) is 11.3. The Kier molecular flexibility index (Phi) is 5.96. The van der Waals surface area contributed by atoms with Crippen LogP contribution in [-0.2, 0) is 11.0 Å². The summed E-state index contributed by atoms with van der Waals surface area (Å²) in [7, 11) is 0. The summed E-state index contributed by atoms with van der Waals surface area (Å²) in [6.45, 7) is 0.0388. The van der Waals surface area contributed by atoms with Crippen LogP contribution >= 0.6 is 23.2 Å². The molecule has 0 spiro atoms. The standard InChI is InChI=1S/C16H13Cl2F3N2O/c17-10-5-6-12(18)14(9-10)23-15(24)7-8-22-13-4-2-1-3-11(13)16(19,20)21/h1-6,9,22H,7-8H2,(H,23,24). The third-order valence-electron chi connectivity index (χ3n) is 3.10. The Morgan fingerprint density at radius 1 is 1.04 bits per heavy atom. The molecule has 0 radical (unpaired) electrons. The van der Waals surface area contributed by atoms with Gasteiger partial charge in [0.25, 0.3) is 0 Å². The number of hydrogen-bond acceptors (Lipinski definition) is 2.